The van der Waals surface area contributed by atoms with Gasteiger partial charge in [-0.05, 0) is 19.8 Å². The van der Waals surface area contributed by atoms with E-state index < -0.39 is 10.0 Å². The Kier molecular flexibility index (Phi) is 5.30. The maximum Gasteiger partial charge on any atom is 0.217 e. The fourth-order valence-electron chi connectivity index (χ4n) is 1.88. The van der Waals surface area contributed by atoms with Gasteiger partial charge in [0.25, 0.3) is 0 Å². The van der Waals surface area contributed by atoms with E-state index in [1.165, 1.54) is 4.31 Å². The highest BCUT2D eigenvalue weighted by atomic mass is 32.2. The van der Waals surface area contributed by atoms with Crippen molar-refractivity contribution in [2.24, 2.45) is 5.73 Å². The lowest BCUT2D eigenvalue weighted by molar-refractivity contribution is 0.0971. The zero-order valence-corrected chi connectivity index (χ0v) is 11.9. The number of nitrogens with two attached hydrogens (primary N) is 1. The van der Waals surface area contributed by atoms with Gasteiger partial charge in [-0.3, -0.25) is 0 Å². The van der Waals surface area contributed by atoms with E-state index in [1.807, 2.05) is 6.92 Å². The lowest BCUT2D eigenvalue weighted by Gasteiger charge is -2.30. The lowest BCUT2D eigenvalue weighted by Crippen LogP contribution is -2.44. The van der Waals surface area contributed by atoms with E-state index in [0.717, 1.165) is 0 Å². The lowest BCUT2D eigenvalue weighted by atomic mass is 10.2. The molecule has 0 aromatic heterocycles. The van der Waals surface area contributed by atoms with Gasteiger partial charge in [0, 0.05) is 32.7 Å². The molecule has 1 heterocycles. The fourth-order valence-corrected chi connectivity index (χ4v) is 3.96. The summed E-state index contributed by atoms with van der Waals surface area (Å²) in [5, 5.41) is -0.338. The van der Waals surface area contributed by atoms with E-state index in [4.69, 9.17) is 22.7 Å². The second-order valence-corrected chi connectivity index (χ2v) is 7.19. The number of nitrogens with zero attached hydrogens (tertiary/aromatic N) is 1. The SMILES string of the molecule is CC(CC(N)=S)N(C)S(=O)(=O)C1CCOCC1. The highest BCUT2D eigenvalue weighted by molar-refractivity contribution is 7.89. The number of rotatable bonds is 5. The largest absolute Gasteiger partial charge is 0.393 e. The molecule has 1 unspecified atom stereocenters. The van der Waals surface area contributed by atoms with Crippen LogP contribution in [0.2, 0.25) is 0 Å². The number of ether oxygens (including phenoxy) is 1. The van der Waals surface area contributed by atoms with Crippen LogP contribution >= 0.6 is 12.2 Å². The molecule has 0 aromatic carbocycles. The van der Waals surface area contributed by atoms with Gasteiger partial charge in [-0.1, -0.05) is 12.2 Å². The Labute approximate surface area is 108 Å². The molecule has 1 aliphatic rings. The fraction of sp³-hybridized carbons (Fsp3) is 0.900. The van der Waals surface area contributed by atoms with Gasteiger partial charge in [-0.25, -0.2) is 12.7 Å². The van der Waals surface area contributed by atoms with Gasteiger partial charge in [0.1, 0.15) is 0 Å². The highest BCUT2D eigenvalue weighted by Gasteiger charge is 2.33. The summed E-state index contributed by atoms with van der Waals surface area (Å²) in [6, 6.07) is -0.194. The molecule has 100 valence electrons. The van der Waals surface area contributed by atoms with Crippen molar-refractivity contribution in [1.82, 2.24) is 4.31 Å². The molecule has 2 N–H and O–H groups in total. The molecule has 1 fully saturated rings. The Hall–Kier alpha value is -0.240. The van der Waals surface area contributed by atoms with Crippen molar-refractivity contribution in [3.05, 3.63) is 0 Å². The standard InChI is InChI=1S/C10H20N2O3S2/c1-8(7-10(11)16)12(2)17(13,14)9-3-5-15-6-4-9/h8-9H,3-7H2,1-2H3,(H2,11,16). The Balaban J connectivity index is 2.71. The van der Waals surface area contributed by atoms with Crippen molar-refractivity contribution in [2.45, 2.75) is 37.5 Å². The minimum absolute atomic E-state index is 0.194. The van der Waals surface area contributed by atoms with Gasteiger partial charge in [-0.15, -0.1) is 0 Å². The molecule has 1 saturated heterocycles. The minimum Gasteiger partial charge on any atom is -0.393 e. The summed E-state index contributed by atoms with van der Waals surface area (Å²) < 4.78 is 31.2. The number of hydrogen-bond donors (Lipinski definition) is 1. The van der Waals surface area contributed by atoms with Gasteiger partial charge in [-0.2, -0.15) is 0 Å². The molecule has 5 nitrogen and oxygen atoms in total. The van der Waals surface area contributed by atoms with Gasteiger partial charge >= 0.3 is 0 Å². The van der Waals surface area contributed by atoms with Crippen molar-refractivity contribution >= 4 is 27.2 Å². The van der Waals surface area contributed by atoms with E-state index in [9.17, 15) is 8.42 Å². The molecule has 0 aromatic rings. The van der Waals surface area contributed by atoms with Gasteiger partial charge in [0.05, 0.1) is 10.2 Å². The first-order chi connectivity index (χ1) is 7.85. The predicted molar refractivity (Wildman–Crippen MR) is 71.4 cm³/mol. The van der Waals surface area contributed by atoms with Crippen LogP contribution in [-0.4, -0.2) is 49.3 Å². The average Bonchev–Trinajstić information content (AvgIpc) is 2.28. The summed E-state index contributed by atoms with van der Waals surface area (Å²) in [7, 11) is -1.68. The maximum absolute atomic E-state index is 12.3. The molecule has 17 heavy (non-hydrogen) atoms. The summed E-state index contributed by atoms with van der Waals surface area (Å²) in [6.07, 6.45) is 1.53. The van der Waals surface area contributed by atoms with Crippen LogP contribution < -0.4 is 5.73 Å². The third-order valence-electron chi connectivity index (χ3n) is 3.11. The average molecular weight is 280 g/mol. The second kappa shape index (κ2) is 6.08. The Morgan fingerprint density at radius 2 is 2.06 bits per heavy atom. The summed E-state index contributed by atoms with van der Waals surface area (Å²) in [5.74, 6) is 0. The number of sulfonamides is 1. The number of hydrogen-bond acceptors (Lipinski definition) is 4. The van der Waals surface area contributed by atoms with E-state index in [0.29, 0.717) is 37.5 Å². The van der Waals surface area contributed by atoms with Gasteiger partial charge in [0.2, 0.25) is 10.0 Å². The first-order valence-electron chi connectivity index (χ1n) is 5.68. The second-order valence-electron chi connectivity index (χ2n) is 4.39. The first-order valence-corrected chi connectivity index (χ1v) is 7.59. The molecule has 0 saturated carbocycles. The van der Waals surface area contributed by atoms with Crippen molar-refractivity contribution in [1.29, 1.82) is 0 Å². The van der Waals surface area contributed by atoms with Crippen molar-refractivity contribution < 1.29 is 13.2 Å². The first kappa shape index (κ1) is 14.8. The Bertz CT molecular complexity index is 364. The van der Waals surface area contributed by atoms with E-state index in [1.54, 1.807) is 7.05 Å². The predicted octanol–water partition coefficient (Wildman–Crippen LogP) is 0.492. The third-order valence-corrected chi connectivity index (χ3v) is 5.75. The van der Waals surface area contributed by atoms with Crippen LogP contribution in [0.25, 0.3) is 0 Å². The molecule has 0 aliphatic carbocycles. The summed E-state index contributed by atoms with van der Waals surface area (Å²) in [5.41, 5.74) is 5.44. The quantitative estimate of drug-likeness (QED) is 0.742. The smallest absolute Gasteiger partial charge is 0.217 e. The van der Waals surface area contributed by atoms with Crippen molar-refractivity contribution in [3.63, 3.8) is 0 Å². The normalized spacial score (nSPS) is 20.4. The van der Waals surface area contributed by atoms with Gasteiger partial charge in [0.15, 0.2) is 0 Å². The summed E-state index contributed by atoms with van der Waals surface area (Å²) in [6.45, 7) is 2.85. The molecule has 7 heteroatoms. The zero-order valence-electron chi connectivity index (χ0n) is 10.3. The molecule has 1 aliphatic heterocycles. The van der Waals surface area contributed by atoms with Crippen LogP contribution in [0, 0.1) is 0 Å². The van der Waals surface area contributed by atoms with Crippen LogP contribution in [0.5, 0.6) is 0 Å². The van der Waals surface area contributed by atoms with Crippen LogP contribution in [0.1, 0.15) is 26.2 Å². The van der Waals surface area contributed by atoms with Crippen LogP contribution in [0.3, 0.4) is 0 Å². The van der Waals surface area contributed by atoms with Crippen LogP contribution in [-0.2, 0) is 14.8 Å². The third kappa shape index (κ3) is 3.87. The van der Waals surface area contributed by atoms with Crippen LogP contribution in [0.4, 0.5) is 0 Å². The molecule has 1 rings (SSSR count). The van der Waals surface area contributed by atoms with Gasteiger partial charge < -0.3 is 10.5 Å². The minimum atomic E-state index is -3.27. The Morgan fingerprint density at radius 1 is 1.53 bits per heavy atom. The van der Waals surface area contributed by atoms with Crippen LogP contribution in [0.15, 0.2) is 0 Å². The van der Waals surface area contributed by atoms with Crippen molar-refractivity contribution in [2.75, 3.05) is 20.3 Å². The highest BCUT2D eigenvalue weighted by Crippen LogP contribution is 2.21. The Morgan fingerprint density at radius 3 is 2.53 bits per heavy atom. The summed E-state index contributed by atoms with van der Waals surface area (Å²) in [4.78, 5) is 0.339. The van der Waals surface area contributed by atoms with E-state index in [2.05, 4.69) is 0 Å². The van der Waals surface area contributed by atoms with E-state index >= 15 is 0 Å². The maximum atomic E-state index is 12.3. The molecule has 0 amide bonds. The molecule has 1 atom stereocenters. The summed E-state index contributed by atoms with van der Waals surface area (Å²) >= 11 is 4.81. The molecular weight excluding hydrogens is 260 g/mol. The molecule has 0 radical (unpaired) electrons. The number of thiocarbonyl (C=S) groups is 1. The topological polar surface area (TPSA) is 72.6 Å². The molecule has 0 spiro atoms. The van der Waals surface area contributed by atoms with Crippen molar-refractivity contribution in [3.8, 4) is 0 Å². The monoisotopic (exact) mass is 280 g/mol. The molecule has 0 bridgehead atoms. The molecular formula is C10H20N2O3S2. The zero-order chi connectivity index (χ0) is 13.1. The van der Waals surface area contributed by atoms with E-state index in [-0.39, 0.29) is 11.3 Å².